The van der Waals surface area contributed by atoms with Crippen LogP contribution in [0, 0.1) is 0 Å². The molecule has 0 saturated carbocycles. The molecule has 2 heteroatoms. The summed E-state index contributed by atoms with van der Waals surface area (Å²) in [4.78, 5) is 16.7. The van der Waals surface area contributed by atoms with Crippen molar-refractivity contribution in [1.82, 2.24) is 0 Å². The number of nitrogens with zero attached hydrogens (tertiary/aromatic N) is 1. The molecule has 0 unspecified atom stereocenters. The number of hydrogen-bond donors (Lipinski definition) is 0. The van der Waals surface area contributed by atoms with E-state index in [1.165, 1.54) is 0 Å². The summed E-state index contributed by atoms with van der Waals surface area (Å²) in [7, 11) is 0. The van der Waals surface area contributed by atoms with E-state index in [1.54, 1.807) is 0 Å². The Bertz CT molecular complexity index is 684. The van der Waals surface area contributed by atoms with Crippen LogP contribution in [0.3, 0.4) is 0 Å². The van der Waals surface area contributed by atoms with Crippen LogP contribution in [0.1, 0.15) is 24.0 Å². The van der Waals surface area contributed by atoms with E-state index >= 15 is 0 Å². The molecule has 21 heavy (non-hydrogen) atoms. The first-order valence-corrected chi connectivity index (χ1v) is 7.19. The van der Waals surface area contributed by atoms with Crippen LogP contribution in [0.25, 0.3) is 5.70 Å². The van der Waals surface area contributed by atoms with Crippen molar-refractivity contribution in [3.05, 3.63) is 77.9 Å². The Morgan fingerprint density at radius 1 is 0.905 bits per heavy atom. The summed E-state index contributed by atoms with van der Waals surface area (Å²) < 4.78 is 0. The number of benzene rings is 2. The van der Waals surface area contributed by atoms with Gasteiger partial charge in [0.2, 0.25) is 0 Å². The molecule has 2 aromatic carbocycles. The number of carbonyl (C=O) groups is 1. The summed E-state index contributed by atoms with van der Waals surface area (Å²) in [6, 6.07) is 20.0. The minimum absolute atomic E-state index is 0.225. The van der Waals surface area contributed by atoms with E-state index < -0.39 is 0 Å². The fourth-order valence-electron chi connectivity index (χ4n) is 2.49. The lowest BCUT2D eigenvalue weighted by Gasteiger charge is -2.01. The van der Waals surface area contributed by atoms with Gasteiger partial charge in [-0.3, -0.25) is 9.79 Å². The van der Waals surface area contributed by atoms with E-state index in [1.807, 2.05) is 60.7 Å². The van der Waals surface area contributed by atoms with E-state index in [0.29, 0.717) is 12.8 Å². The summed E-state index contributed by atoms with van der Waals surface area (Å²) in [5.74, 6) is 0.225. The molecule has 0 amide bonds. The molecule has 0 fully saturated rings. The van der Waals surface area contributed by atoms with Gasteiger partial charge in [0.05, 0.1) is 5.70 Å². The van der Waals surface area contributed by atoms with E-state index in [9.17, 15) is 4.79 Å². The van der Waals surface area contributed by atoms with Crippen LogP contribution < -0.4 is 0 Å². The van der Waals surface area contributed by atoms with Gasteiger partial charge in [-0.2, -0.15) is 0 Å². The Kier molecular flexibility index (Phi) is 4.06. The van der Waals surface area contributed by atoms with Crippen LogP contribution in [-0.2, 0) is 11.2 Å². The zero-order valence-electron chi connectivity index (χ0n) is 11.8. The quantitative estimate of drug-likeness (QED) is 0.808. The SMILES string of the molecule is O=C(CC1=NC(c2ccccc2)=CC1)Cc1ccccc1. The minimum Gasteiger partial charge on any atom is -0.299 e. The van der Waals surface area contributed by atoms with Gasteiger partial charge in [0.15, 0.2) is 0 Å². The van der Waals surface area contributed by atoms with Gasteiger partial charge >= 0.3 is 0 Å². The smallest absolute Gasteiger partial charge is 0.142 e. The average molecular weight is 275 g/mol. The van der Waals surface area contributed by atoms with E-state index in [4.69, 9.17) is 0 Å². The third-order valence-electron chi connectivity index (χ3n) is 3.52. The van der Waals surface area contributed by atoms with E-state index in [0.717, 1.165) is 29.0 Å². The maximum atomic E-state index is 12.1. The number of ketones is 1. The van der Waals surface area contributed by atoms with Gasteiger partial charge in [-0.15, -0.1) is 0 Å². The first-order chi connectivity index (χ1) is 10.3. The molecule has 0 saturated heterocycles. The van der Waals surface area contributed by atoms with Gasteiger partial charge in [0.1, 0.15) is 5.78 Å². The average Bonchev–Trinajstić information content (AvgIpc) is 2.97. The number of Topliss-reactive ketones (excluding diaryl/α,β-unsaturated/α-hetero) is 1. The summed E-state index contributed by atoms with van der Waals surface area (Å²) >= 11 is 0. The van der Waals surface area contributed by atoms with Crippen LogP contribution in [-0.4, -0.2) is 11.5 Å². The van der Waals surface area contributed by atoms with Crippen LogP contribution in [0.5, 0.6) is 0 Å². The molecule has 3 rings (SSSR count). The molecule has 0 aliphatic carbocycles. The lowest BCUT2D eigenvalue weighted by atomic mass is 10.0. The Hall–Kier alpha value is -2.48. The molecule has 104 valence electrons. The fraction of sp³-hybridized carbons (Fsp3) is 0.158. The normalized spacial score (nSPS) is 13.7. The topological polar surface area (TPSA) is 29.4 Å². The maximum Gasteiger partial charge on any atom is 0.142 e. The van der Waals surface area contributed by atoms with Gasteiger partial charge < -0.3 is 0 Å². The van der Waals surface area contributed by atoms with Crippen molar-refractivity contribution in [1.29, 1.82) is 0 Å². The zero-order chi connectivity index (χ0) is 14.5. The minimum atomic E-state index is 0.225. The first-order valence-electron chi connectivity index (χ1n) is 7.19. The van der Waals surface area contributed by atoms with Crippen molar-refractivity contribution >= 4 is 17.2 Å². The van der Waals surface area contributed by atoms with Crippen LogP contribution in [0.2, 0.25) is 0 Å². The Labute approximate surface area is 124 Å². The van der Waals surface area contributed by atoms with Gasteiger partial charge in [0.25, 0.3) is 0 Å². The molecular formula is C19H17NO. The Morgan fingerprint density at radius 3 is 2.29 bits per heavy atom. The van der Waals surface area contributed by atoms with Crippen molar-refractivity contribution in [3.8, 4) is 0 Å². The lowest BCUT2D eigenvalue weighted by molar-refractivity contribution is -0.117. The second kappa shape index (κ2) is 6.31. The molecule has 0 radical (unpaired) electrons. The number of rotatable bonds is 5. The van der Waals surface area contributed by atoms with Crippen molar-refractivity contribution in [2.75, 3.05) is 0 Å². The second-order valence-corrected chi connectivity index (χ2v) is 5.22. The maximum absolute atomic E-state index is 12.1. The lowest BCUT2D eigenvalue weighted by Crippen LogP contribution is -2.08. The highest BCUT2D eigenvalue weighted by atomic mass is 16.1. The van der Waals surface area contributed by atoms with Crippen molar-refractivity contribution < 1.29 is 4.79 Å². The van der Waals surface area contributed by atoms with Gasteiger partial charge in [-0.05, 0) is 11.1 Å². The predicted octanol–water partition coefficient (Wildman–Crippen LogP) is 4.07. The highest BCUT2D eigenvalue weighted by molar-refractivity contribution is 6.07. The summed E-state index contributed by atoms with van der Waals surface area (Å²) in [6.45, 7) is 0. The highest BCUT2D eigenvalue weighted by Gasteiger charge is 2.14. The molecule has 0 bridgehead atoms. The number of carbonyl (C=O) groups excluding carboxylic acids is 1. The second-order valence-electron chi connectivity index (χ2n) is 5.22. The number of aliphatic imine (C=N–C) groups is 1. The Morgan fingerprint density at radius 2 is 1.57 bits per heavy atom. The van der Waals surface area contributed by atoms with Crippen molar-refractivity contribution in [2.45, 2.75) is 19.3 Å². The molecule has 0 spiro atoms. The molecule has 0 N–H and O–H groups in total. The summed E-state index contributed by atoms with van der Waals surface area (Å²) in [5.41, 5.74) is 4.13. The van der Waals surface area contributed by atoms with Crippen LogP contribution in [0.4, 0.5) is 0 Å². The number of hydrogen-bond acceptors (Lipinski definition) is 2. The van der Waals surface area contributed by atoms with Gasteiger partial charge in [0, 0.05) is 25.0 Å². The standard InChI is InChI=1S/C19H17NO/c21-18(13-15-7-3-1-4-8-15)14-17-11-12-19(20-17)16-9-5-2-6-10-16/h1-10,12H,11,13-14H2. The first kappa shape index (κ1) is 13.5. The monoisotopic (exact) mass is 275 g/mol. The molecule has 1 aliphatic rings. The van der Waals surface area contributed by atoms with Crippen LogP contribution >= 0.6 is 0 Å². The predicted molar refractivity (Wildman–Crippen MR) is 86.2 cm³/mol. The third kappa shape index (κ3) is 3.54. The zero-order valence-corrected chi connectivity index (χ0v) is 11.8. The molecule has 0 atom stereocenters. The van der Waals surface area contributed by atoms with Crippen molar-refractivity contribution in [3.63, 3.8) is 0 Å². The molecule has 1 aliphatic heterocycles. The third-order valence-corrected chi connectivity index (χ3v) is 3.52. The molecule has 1 heterocycles. The summed E-state index contributed by atoms with van der Waals surface area (Å²) in [5, 5.41) is 0. The fourth-order valence-corrected chi connectivity index (χ4v) is 2.49. The van der Waals surface area contributed by atoms with E-state index in [-0.39, 0.29) is 5.78 Å². The summed E-state index contributed by atoms with van der Waals surface area (Å²) in [6.07, 6.45) is 3.81. The van der Waals surface area contributed by atoms with Crippen molar-refractivity contribution in [2.24, 2.45) is 4.99 Å². The largest absolute Gasteiger partial charge is 0.299 e. The molecule has 2 nitrogen and oxygen atoms in total. The Balaban J connectivity index is 1.61. The van der Waals surface area contributed by atoms with Crippen LogP contribution in [0.15, 0.2) is 71.7 Å². The molecular weight excluding hydrogens is 258 g/mol. The highest BCUT2D eigenvalue weighted by Crippen LogP contribution is 2.23. The van der Waals surface area contributed by atoms with Gasteiger partial charge in [-0.25, -0.2) is 0 Å². The van der Waals surface area contributed by atoms with E-state index in [2.05, 4.69) is 11.1 Å². The molecule has 0 aromatic heterocycles. The molecule has 2 aromatic rings. The van der Waals surface area contributed by atoms with Gasteiger partial charge in [-0.1, -0.05) is 66.7 Å². The number of allylic oxidation sites excluding steroid dienone is 1.